The second kappa shape index (κ2) is 5.92. The summed E-state index contributed by atoms with van der Waals surface area (Å²) in [4.78, 5) is 0.141. The molecule has 6 heteroatoms. The first-order chi connectivity index (χ1) is 9.32. The van der Waals surface area contributed by atoms with Crippen molar-refractivity contribution in [1.82, 2.24) is 4.31 Å². The summed E-state index contributed by atoms with van der Waals surface area (Å²) in [5.41, 5.74) is 6.01. The zero-order chi connectivity index (χ0) is 14.9. The summed E-state index contributed by atoms with van der Waals surface area (Å²) < 4.78 is 26.8. The number of sulfonamides is 1. The number of rotatable bonds is 3. The molecule has 1 aromatic carbocycles. The number of nitrogens with two attached hydrogens (primary N) is 1. The van der Waals surface area contributed by atoms with Crippen LogP contribution in [-0.4, -0.2) is 25.8 Å². The van der Waals surface area contributed by atoms with E-state index in [1.807, 2.05) is 0 Å². The van der Waals surface area contributed by atoms with Crippen LogP contribution in [0.5, 0.6) is 0 Å². The van der Waals surface area contributed by atoms with Gasteiger partial charge >= 0.3 is 0 Å². The van der Waals surface area contributed by atoms with Gasteiger partial charge in [-0.1, -0.05) is 31.4 Å². The van der Waals surface area contributed by atoms with Crippen molar-refractivity contribution in [2.75, 3.05) is 12.8 Å². The Balaban J connectivity index is 2.29. The fraction of sp³-hybridized carbons (Fsp3) is 0.571. The minimum absolute atomic E-state index is 0.0545. The maximum absolute atomic E-state index is 12.7. The Hall–Kier alpha value is -0.780. The van der Waals surface area contributed by atoms with Crippen molar-refractivity contribution in [2.24, 2.45) is 5.92 Å². The molecule has 0 heterocycles. The van der Waals surface area contributed by atoms with E-state index in [9.17, 15) is 8.42 Å². The third-order valence-electron chi connectivity index (χ3n) is 4.05. The van der Waals surface area contributed by atoms with Crippen LogP contribution >= 0.6 is 11.6 Å². The minimum atomic E-state index is -3.56. The molecule has 1 fully saturated rings. The van der Waals surface area contributed by atoms with Gasteiger partial charge in [0.15, 0.2) is 0 Å². The summed E-state index contributed by atoms with van der Waals surface area (Å²) in [6.07, 6.45) is 4.06. The maximum Gasteiger partial charge on any atom is 0.245 e. The number of hydrogen-bond acceptors (Lipinski definition) is 3. The Morgan fingerprint density at radius 2 is 2.05 bits per heavy atom. The standard InChI is InChI=1S/C14H21ClN2O2S/c1-10-4-3-5-12(8-10)17(2)20(18,19)14-7-6-11(15)9-13(14)16/h6-7,9-10,12H,3-5,8,16H2,1-2H3. The predicted molar refractivity (Wildman–Crippen MR) is 82.2 cm³/mol. The van der Waals surface area contributed by atoms with E-state index in [0.29, 0.717) is 10.9 Å². The first-order valence-corrected chi connectivity index (χ1v) is 8.67. The molecule has 2 rings (SSSR count). The number of anilines is 1. The van der Waals surface area contributed by atoms with Gasteiger partial charge in [0, 0.05) is 18.1 Å². The van der Waals surface area contributed by atoms with Gasteiger partial charge < -0.3 is 5.73 Å². The van der Waals surface area contributed by atoms with Crippen LogP contribution in [0.25, 0.3) is 0 Å². The highest BCUT2D eigenvalue weighted by molar-refractivity contribution is 7.89. The summed E-state index contributed by atoms with van der Waals surface area (Å²) in [7, 11) is -1.91. The average Bonchev–Trinajstić information content (AvgIpc) is 2.37. The molecule has 2 unspecified atom stereocenters. The Labute approximate surface area is 126 Å². The molecule has 1 saturated carbocycles. The number of halogens is 1. The van der Waals surface area contributed by atoms with Gasteiger partial charge in [0.1, 0.15) is 4.90 Å². The normalized spacial score (nSPS) is 24.0. The number of hydrogen-bond donors (Lipinski definition) is 1. The van der Waals surface area contributed by atoms with Gasteiger partial charge in [-0.05, 0) is 37.0 Å². The van der Waals surface area contributed by atoms with E-state index in [1.165, 1.54) is 22.9 Å². The van der Waals surface area contributed by atoms with Crippen molar-refractivity contribution in [2.45, 2.75) is 43.5 Å². The quantitative estimate of drug-likeness (QED) is 0.871. The summed E-state index contributed by atoms with van der Waals surface area (Å²) in [6.45, 7) is 2.17. The van der Waals surface area contributed by atoms with E-state index in [2.05, 4.69) is 6.92 Å². The first kappa shape index (κ1) is 15.6. The molecule has 2 N–H and O–H groups in total. The van der Waals surface area contributed by atoms with Crippen molar-refractivity contribution in [3.05, 3.63) is 23.2 Å². The number of benzene rings is 1. The van der Waals surface area contributed by atoms with Gasteiger partial charge in [0.2, 0.25) is 10.0 Å². The molecule has 1 aliphatic rings. The first-order valence-electron chi connectivity index (χ1n) is 6.85. The fourth-order valence-corrected chi connectivity index (χ4v) is 4.51. The third-order valence-corrected chi connectivity index (χ3v) is 6.27. The summed E-state index contributed by atoms with van der Waals surface area (Å²) in [5.74, 6) is 0.564. The van der Waals surface area contributed by atoms with E-state index in [-0.39, 0.29) is 16.6 Å². The van der Waals surface area contributed by atoms with Gasteiger partial charge in [-0.15, -0.1) is 0 Å². The molecule has 0 aromatic heterocycles. The molecule has 0 bridgehead atoms. The zero-order valence-corrected chi connectivity index (χ0v) is 13.4. The van der Waals surface area contributed by atoms with Crippen LogP contribution in [-0.2, 0) is 10.0 Å². The molecular formula is C14H21ClN2O2S. The highest BCUT2D eigenvalue weighted by Crippen LogP contribution is 2.31. The van der Waals surface area contributed by atoms with E-state index >= 15 is 0 Å². The van der Waals surface area contributed by atoms with Crippen molar-refractivity contribution in [1.29, 1.82) is 0 Å². The Morgan fingerprint density at radius 3 is 2.65 bits per heavy atom. The Kier molecular flexibility index (Phi) is 4.62. The monoisotopic (exact) mass is 316 g/mol. The molecule has 1 aliphatic carbocycles. The van der Waals surface area contributed by atoms with Crippen LogP contribution in [0.3, 0.4) is 0 Å². The SMILES string of the molecule is CC1CCCC(N(C)S(=O)(=O)c2ccc(Cl)cc2N)C1. The summed E-state index contributed by atoms with van der Waals surface area (Å²) in [5, 5.41) is 0.440. The van der Waals surface area contributed by atoms with Crippen LogP contribution < -0.4 is 5.73 Å². The molecular weight excluding hydrogens is 296 g/mol. The van der Waals surface area contributed by atoms with Crippen molar-refractivity contribution >= 4 is 27.3 Å². The Morgan fingerprint density at radius 1 is 1.35 bits per heavy atom. The highest BCUT2D eigenvalue weighted by Gasteiger charge is 2.32. The van der Waals surface area contributed by atoms with Gasteiger partial charge in [-0.2, -0.15) is 4.31 Å². The lowest BCUT2D eigenvalue weighted by Crippen LogP contribution is -2.40. The number of nitrogen functional groups attached to an aromatic ring is 1. The minimum Gasteiger partial charge on any atom is -0.398 e. The molecule has 20 heavy (non-hydrogen) atoms. The van der Waals surface area contributed by atoms with E-state index in [4.69, 9.17) is 17.3 Å². The van der Waals surface area contributed by atoms with Crippen LogP contribution in [0.4, 0.5) is 5.69 Å². The lowest BCUT2D eigenvalue weighted by molar-refractivity contribution is 0.239. The summed E-state index contributed by atoms with van der Waals surface area (Å²) in [6, 6.07) is 4.57. The van der Waals surface area contributed by atoms with E-state index in [1.54, 1.807) is 13.1 Å². The topological polar surface area (TPSA) is 63.4 Å². The molecule has 1 aromatic rings. The molecule has 0 spiro atoms. The lowest BCUT2D eigenvalue weighted by Gasteiger charge is -2.33. The molecule has 112 valence electrons. The molecule has 0 saturated heterocycles. The lowest BCUT2D eigenvalue weighted by atomic mass is 9.87. The molecule has 0 radical (unpaired) electrons. The van der Waals surface area contributed by atoms with Gasteiger partial charge in [0.05, 0.1) is 5.69 Å². The molecule has 4 nitrogen and oxygen atoms in total. The smallest absolute Gasteiger partial charge is 0.245 e. The van der Waals surface area contributed by atoms with Gasteiger partial charge in [0.25, 0.3) is 0 Å². The zero-order valence-electron chi connectivity index (χ0n) is 11.8. The third kappa shape index (κ3) is 3.10. The van der Waals surface area contributed by atoms with Crippen LogP contribution in [0.15, 0.2) is 23.1 Å². The van der Waals surface area contributed by atoms with Crippen LogP contribution in [0.2, 0.25) is 5.02 Å². The van der Waals surface area contributed by atoms with Crippen molar-refractivity contribution < 1.29 is 8.42 Å². The van der Waals surface area contributed by atoms with Crippen molar-refractivity contribution in [3.8, 4) is 0 Å². The molecule has 0 amide bonds. The number of nitrogens with zero attached hydrogens (tertiary/aromatic N) is 1. The summed E-state index contributed by atoms with van der Waals surface area (Å²) >= 11 is 5.83. The largest absolute Gasteiger partial charge is 0.398 e. The Bertz CT molecular complexity index is 589. The molecule has 2 atom stereocenters. The maximum atomic E-state index is 12.7. The second-order valence-corrected chi connectivity index (χ2v) is 8.03. The van der Waals surface area contributed by atoms with Gasteiger partial charge in [-0.3, -0.25) is 0 Å². The second-order valence-electron chi connectivity index (χ2n) is 5.63. The van der Waals surface area contributed by atoms with Crippen LogP contribution in [0, 0.1) is 5.92 Å². The fourth-order valence-electron chi connectivity index (χ4n) is 2.84. The van der Waals surface area contributed by atoms with Crippen molar-refractivity contribution in [3.63, 3.8) is 0 Å². The van der Waals surface area contributed by atoms with Crippen LogP contribution in [0.1, 0.15) is 32.6 Å². The van der Waals surface area contributed by atoms with Gasteiger partial charge in [-0.25, -0.2) is 8.42 Å². The average molecular weight is 317 g/mol. The van der Waals surface area contributed by atoms with E-state index < -0.39 is 10.0 Å². The van der Waals surface area contributed by atoms with E-state index in [0.717, 1.165) is 19.3 Å². The molecule has 0 aliphatic heterocycles. The highest BCUT2D eigenvalue weighted by atomic mass is 35.5. The predicted octanol–water partition coefficient (Wildman–Crippen LogP) is 3.12.